The van der Waals surface area contributed by atoms with Crippen LogP contribution < -0.4 is 15.0 Å². The van der Waals surface area contributed by atoms with Crippen LogP contribution in [0, 0.1) is 11.3 Å². The molecule has 0 unspecified atom stereocenters. The molecule has 0 aliphatic carbocycles. The standard InChI is InChI=1S/C27H28F3N5O2.CH2O2/c1-2-37-25-22(4-3-11-32-25)23-7-5-21(18-33-23)26(34-12-15-36)9-13-35(14-10-26)24-8-6-20(27(28,29)30)16-19(24)17-31;2-1-3/h3-8,11,16,18,34,36H,2,9-10,12-15H2,1H3;1H,(H,2,3). The highest BCUT2D eigenvalue weighted by molar-refractivity contribution is 5.65. The molecule has 12 heteroatoms. The van der Waals surface area contributed by atoms with Crippen molar-refractivity contribution in [2.24, 2.45) is 0 Å². The SMILES string of the molecule is CCOc1ncccc1-c1ccc(C2(NCCO)CCN(c3ccc(C(F)(F)F)cc3C#N)CC2)cn1.O=CO. The van der Waals surface area contributed by atoms with E-state index < -0.39 is 17.3 Å². The normalized spacial score (nSPS) is 14.4. The van der Waals surface area contributed by atoms with E-state index >= 15 is 0 Å². The van der Waals surface area contributed by atoms with E-state index in [1.807, 2.05) is 42.2 Å². The smallest absolute Gasteiger partial charge is 0.416 e. The molecule has 0 radical (unpaired) electrons. The third-order valence-electron chi connectivity index (χ3n) is 6.62. The van der Waals surface area contributed by atoms with Crippen LogP contribution in [0.2, 0.25) is 0 Å². The van der Waals surface area contributed by atoms with Crippen molar-refractivity contribution in [2.45, 2.75) is 31.5 Å². The summed E-state index contributed by atoms with van der Waals surface area (Å²) >= 11 is 0. The maximum Gasteiger partial charge on any atom is 0.416 e. The number of piperidine rings is 1. The van der Waals surface area contributed by atoms with Gasteiger partial charge in [0.05, 0.1) is 41.3 Å². The minimum absolute atomic E-state index is 0.00163. The zero-order valence-corrected chi connectivity index (χ0v) is 21.9. The zero-order valence-electron chi connectivity index (χ0n) is 21.9. The van der Waals surface area contributed by atoms with Crippen molar-refractivity contribution in [3.05, 3.63) is 71.5 Å². The van der Waals surface area contributed by atoms with Crippen molar-refractivity contribution < 1.29 is 32.9 Å². The number of aliphatic hydroxyl groups excluding tert-OH is 1. The topological polar surface area (TPSA) is 132 Å². The Labute approximate surface area is 229 Å². The lowest BCUT2D eigenvalue weighted by Gasteiger charge is -2.44. The Balaban J connectivity index is 0.00000141. The van der Waals surface area contributed by atoms with Crippen molar-refractivity contribution in [2.75, 3.05) is 37.7 Å². The first-order chi connectivity index (χ1) is 19.2. The van der Waals surface area contributed by atoms with Gasteiger partial charge in [0.25, 0.3) is 6.47 Å². The second-order valence-corrected chi connectivity index (χ2v) is 8.89. The number of nitrogens with zero attached hydrogens (tertiary/aromatic N) is 4. The molecule has 0 saturated carbocycles. The van der Waals surface area contributed by atoms with Crippen LogP contribution in [-0.2, 0) is 16.5 Å². The summed E-state index contributed by atoms with van der Waals surface area (Å²) in [7, 11) is 0. The van der Waals surface area contributed by atoms with Gasteiger partial charge in [0, 0.05) is 37.6 Å². The van der Waals surface area contributed by atoms with Crippen LogP contribution in [0.4, 0.5) is 18.9 Å². The second-order valence-electron chi connectivity index (χ2n) is 8.89. The fraction of sp³-hybridized carbons (Fsp3) is 0.357. The number of aromatic nitrogens is 2. The highest BCUT2D eigenvalue weighted by Crippen LogP contribution is 2.38. The Bertz CT molecular complexity index is 1300. The van der Waals surface area contributed by atoms with Crippen LogP contribution in [0.5, 0.6) is 5.88 Å². The molecule has 3 N–H and O–H groups in total. The number of carboxylic acid groups (broad SMARTS) is 1. The van der Waals surface area contributed by atoms with E-state index in [2.05, 4.69) is 15.3 Å². The number of rotatable bonds is 8. The molecule has 2 aromatic heterocycles. The molecule has 1 fully saturated rings. The number of nitrogens with one attached hydrogen (secondary N) is 1. The highest BCUT2D eigenvalue weighted by Gasteiger charge is 2.37. The Morgan fingerprint density at radius 2 is 1.93 bits per heavy atom. The van der Waals surface area contributed by atoms with Gasteiger partial charge in [-0.05, 0) is 61.7 Å². The highest BCUT2D eigenvalue weighted by atomic mass is 19.4. The second kappa shape index (κ2) is 13.7. The van der Waals surface area contributed by atoms with Crippen molar-refractivity contribution >= 4 is 12.2 Å². The molecule has 3 heterocycles. The number of halogens is 3. The number of nitriles is 1. The zero-order chi connectivity index (χ0) is 29.2. The number of carbonyl (C=O) groups is 1. The first-order valence-corrected chi connectivity index (χ1v) is 12.6. The number of hydrogen-bond acceptors (Lipinski definition) is 8. The third kappa shape index (κ3) is 7.05. The lowest BCUT2D eigenvalue weighted by molar-refractivity contribution is -0.137. The lowest BCUT2D eigenvalue weighted by Crippen LogP contribution is -2.52. The van der Waals surface area contributed by atoms with Gasteiger partial charge in [-0.1, -0.05) is 6.07 Å². The molecule has 9 nitrogen and oxygen atoms in total. The number of ether oxygens (including phenoxy) is 1. The van der Waals surface area contributed by atoms with Gasteiger partial charge < -0.3 is 25.2 Å². The molecular weight excluding hydrogens is 527 g/mol. The molecule has 0 spiro atoms. The Hall–Kier alpha value is -4.21. The van der Waals surface area contributed by atoms with E-state index in [-0.39, 0.29) is 18.6 Å². The van der Waals surface area contributed by atoms with Crippen molar-refractivity contribution in [1.82, 2.24) is 15.3 Å². The molecule has 40 heavy (non-hydrogen) atoms. The molecule has 1 aliphatic heterocycles. The van der Waals surface area contributed by atoms with Gasteiger partial charge in [-0.15, -0.1) is 0 Å². The molecule has 212 valence electrons. The van der Waals surface area contributed by atoms with Crippen LogP contribution in [0.25, 0.3) is 11.3 Å². The molecule has 4 rings (SSSR count). The maximum absolute atomic E-state index is 13.1. The minimum atomic E-state index is -4.51. The molecule has 0 amide bonds. The minimum Gasteiger partial charge on any atom is -0.483 e. The summed E-state index contributed by atoms with van der Waals surface area (Å²) in [6.07, 6.45) is 0.178. The molecule has 0 atom stereocenters. The number of pyridine rings is 2. The van der Waals surface area contributed by atoms with E-state index in [9.17, 15) is 23.5 Å². The first-order valence-electron chi connectivity index (χ1n) is 12.6. The average Bonchev–Trinajstić information content (AvgIpc) is 2.96. The quantitative estimate of drug-likeness (QED) is 0.349. The predicted molar refractivity (Wildman–Crippen MR) is 142 cm³/mol. The lowest BCUT2D eigenvalue weighted by atomic mass is 9.81. The van der Waals surface area contributed by atoms with E-state index in [1.165, 1.54) is 6.07 Å². The Kier molecular flexibility index (Phi) is 10.4. The molecule has 3 aromatic rings. The predicted octanol–water partition coefficient (Wildman–Crippen LogP) is 4.21. The van der Waals surface area contributed by atoms with E-state index in [4.69, 9.17) is 14.6 Å². The van der Waals surface area contributed by atoms with Gasteiger partial charge in [-0.25, -0.2) is 4.98 Å². The van der Waals surface area contributed by atoms with Gasteiger partial charge in [0.1, 0.15) is 6.07 Å². The number of alkyl halides is 3. The largest absolute Gasteiger partial charge is 0.483 e. The van der Waals surface area contributed by atoms with Gasteiger partial charge in [-0.2, -0.15) is 18.4 Å². The maximum atomic E-state index is 13.1. The van der Waals surface area contributed by atoms with E-state index in [0.29, 0.717) is 50.7 Å². The van der Waals surface area contributed by atoms with Crippen molar-refractivity contribution in [3.8, 4) is 23.2 Å². The number of hydrogen-bond donors (Lipinski definition) is 3. The summed E-state index contributed by atoms with van der Waals surface area (Å²) in [6.45, 7) is 3.49. The summed E-state index contributed by atoms with van der Waals surface area (Å²) in [5.74, 6) is 0.511. The van der Waals surface area contributed by atoms with Crippen molar-refractivity contribution in [1.29, 1.82) is 5.26 Å². The number of aliphatic hydroxyl groups is 1. The number of benzene rings is 1. The fourth-order valence-corrected chi connectivity index (χ4v) is 4.74. The van der Waals surface area contributed by atoms with Crippen LogP contribution in [-0.4, -0.2) is 59.5 Å². The summed E-state index contributed by atoms with van der Waals surface area (Å²) < 4.78 is 45.0. The summed E-state index contributed by atoms with van der Waals surface area (Å²) in [6, 6.07) is 12.8. The molecule has 1 aromatic carbocycles. The van der Waals surface area contributed by atoms with Crippen LogP contribution in [0.3, 0.4) is 0 Å². The third-order valence-corrected chi connectivity index (χ3v) is 6.62. The molecule has 1 saturated heterocycles. The van der Waals surface area contributed by atoms with Gasteiger partial charge in [-0.3, -0.25) is 9.78 Å². The first kappa shape index (κ1) is 30.3. The van der Waals surface area contributed by atoms with Gasteiger partial charge >= 0.3 is 6.18 Å². The molecule has 0 bridgehead atoms. The van der Waals surface area contributed by atoms with Crippen LogP contribution in [0.1, 0.15) is 36.5 Å². The van der Waals surface area contributed by atoms with Crippen LogP contribution in [0.15, 0.2) is 54.9 Å². The van der Waals surface area contributed by atoms with Crippen LogP contribution >= 0.6 is 0 Å². The van der Waals surface area contributed by atoms with E-state index in [0.717, 1.165) is 29.0 Å². The van der Waals surface area contributed by atoms with Gasteiger partial charge in [0.15, 0.2) is 0 Å². The monoisotopic (exact) mass is 557 g/mol. The summed E-state index contributed by atoms with van der Waals surface area (Å²) in [5, 5.41) is 29.3. The molecule has 1 aliphatic rings. The van der Waals surface area contributed by atoms with Crippen molar-refractivity contribution in [3.63, 3.8) is 0 Å². The summed E-state index contributed by atoms with van der Waals surface area (Å²) in [4.78, 5) is 19.3. The Morgan fingerprint density at radius 1 is 1.20 bits per heavy atom. The fourth-order valence-electron chi connectivity index (χ4n) is 4.74. The van der Waals surface area contributed by atoms with Gasteiger partial charge in [0.2, 0.25) is 5.88 Å². The summed E-state index contributed by atoms with van der Waals surface area (Å²) in [5.41, 5.74) is 1.61. The Morgan fingerprint density at radius 3 is 2.50 bits per heavy atom. The average molecular weight is 558 g/mol. The van der Waals surface area contributed by atoms with E-state index in [1.54, 1.807) is 12.4 Å². The number of anilines is 1. The molecular formula is C28H30F3N5O4.